The van der Waals surface area contributed by atoms with Crippen LogP contribution in [0.5, 0.6) is 0 Å². The maximum absolute atomic E-state index is 9.05. The fourth-order valence-electron chi connectivity index (χ4n) is 3.01. The summed E-state index contributed by atoms with van der Waals surface area (Å²) in [5.74, 6) is 0.631. The van der Waals surface area contributed by atoms with Crippen molar-refractivity contribution < 1.29 is 0 Å². The number of hydrogen-bond acceptors (Lipinski definition) is 4. The van der Waals surface area contributed by atoms with Crippen LogP contribution >= 0.6 is 0 Å². The predicted molar refractivity (Wildman–Crippen MR) is 113 cm³/mol. The molecule has 0 bridgehead atoms. The Hall–Kier alpha value is -4.28. The van der Waals surface area contributed by atoms with E-state index in [1.807, 2.05) is 61.5 Å². The Bertz CT molecular complexity index is 1170. The molecule has 0 unspecified atom stereocenters. The molecule has 3 aromatic carbocycles. The molecule has 0 saturated heterocycles. The zero-order valence-electron chi connectivity index (χ0n) is 15.8. The van der Waals surface area contributed by atoms with Gasteiger partial charge in [-0.3, -0.25) is 0 Å². The van der Waals surface area contributed by atoms with E-state index in [-0.39, 0.29) is 0 Å². The molecule has 1 heterocycles. The largest absolute Gasteiger partial charge is 0.228 e. The van der Waals surface area contributed by atoms with Gasteiger partial charge in [-0.2, -0.15) is 10.5 Å². The van der Waals surface area contributed by atoms with Crippen LogP contribution in [0.3, 0.4) is 0 Å². The van der Waals surface area contributed by atoms with E-state index in [4.69, 9.17) is 20.5 Å². The average Bonchev–Trinajstić information content (AvgIpc) is 2.79. The number of rotatable bonds is 3. The molecule has 0 aliphatic carbocycles. The van der Waals surface area contributed by atoms with Crippen molar-refractivity contribution in [2.45, 2.75) is 6.92 Å². The molecule has 4 heteroatoms. The van der Waals surface area contributed by atoms with Crippen molar-refractivity contribution in [2.75, 3.05) is 0 Å². The minimum atomic E-state index is 0.605. The van der Waals surface area contributed by atoms with E-state index < -0.39 is 0 Å². The Morgan fingerprint density at radius 1 is 0.586 bits per heavy atom. The molecule has 29 heavy (non-hydrogen) atoms. The van der Waals surface area contributed by atoms with Gasteiger partial charge in [-0.05, 0) is 37.3 Å². The number of aromatic nitrogens is 2. The first-order valence-corrected chi connectivity index (χ1v) is 9.13. The molecular weight excluding hydrogens is 356 g/mol. The molecule has 1 aromatic heterocycles. The summed E-state index contributed by atoms with van der Waals surface area (Å²) >= 11 is 0. The van der Waals surface area contributed by atoms with Gasteiger partial charge in [-0.15, -0.1) is 0 Å². The minimum absolute atomic E-state index is 0.605. The molecule has 4 rings (SSSR count). The van der Waals surface area contributed by atoms with Gasteiger partial charge < -0.3 is 0 Å². The van der Waals surface area contributed by atoms with Crippen LogP contribution in [0.15, 0.2) is 78.9 Å². The van der Waals surface area contributed by atoms with Gasteiger partial charge in [-0.25, -0.2) is 9.97 Å². The van der Waals surface area contributed by atoms with Crippen molar-refractivity contribution in [2.24, 2.45) is 0 Å². The first-order valence-electron chi connectivity index (χ1n) is 9.13. The van der Waals surface area contributed by atoms with Crippen LogP contribution < -0.4 is 0 Å². The second kappa shape index (κ2) is 7.76. The van der Waals surface area contributed by atoms with Crippen molar-refractivity contribution in [3.63, 3.8) is 0 Å². The molecule has 0 radical (unpaired) electrons. The summed E-state index contributed by atoms with van der Waals surface area (Å²) in [7, 11) is 0. The Labute approximate surface area is 169 Å². The molecule has 4 aromatic rings. The molecule has 0 N–H and O–H groups in total. The van der Waals surface area contributed by atoms with Gasteiger partial charge in [0.15, 0.2) is 5.82 Å². The van der Waals surface area contributed by atoms with Crippen LogP contribution in [0.2, 0.25) is 0 Å². The van der Waals surface area contributed by atoms with E-state index in [9.17, 15) is 0 Å². The minimum Gasteiger partial charge on any atom is -0.228 e. The number of nitriles is 2. The monoisotopic (exact) mass is 372 g/mol. The summed E-state index contributed by atoms with van der Waals surface area (Å²) in [6.45, 7) is 2.04. The Morgan fingerprint density at radius 2 is 1.00 bits per heavy atom. The molecule has 0 amide bonds. The molecule has 0 aliphatic heterocycles. The zero-order valence-corrected chi connectivity index (χ0v) is 15.8. The Morgan fingerprint density at radius 3 is 1.41 bits per heavy atom. The summed E-state index contributed by atoms with van der Waals surface area (Å²) in [5, 5.41) is 18.1. The first-order chi connectivity index (χ1) is 14.2. The van der Waals surface area contributed by atoms with Crippen molar-refractivity contribution in [3.8, 4) is 46.0 Å². The zero-order chi connectivity index (χ0) is 20.2. The van der Waals surface area contributed by atoms with Crippen molar-refractivity contribution >= 4 is 0 Å². The Balaban J connectivity index is 1.87. The fraction of sp³-hybridized carbons (Fsp3) is 0.0400. The highest BCUT2D eigenvalue weighted by atomic mass is 14.9. The molecule has 0 spiro atoms. The van der Waals surface area contributed by atoms with Gasteiger partial charge in [0, 0.05) is 16.7 Å². The molecule has 136 valence electrons. The standard InChI is InChI=1S/C25H16N4/c1-17-2-8-22(9-3-17)25-28-23(20-10-4-18(15-26)5-11-20)14-24(29-25)21-12-6-19(16-27)7-13-21/h2-14H,1H3. The summed E-state index contributed by atoms with van der Waals surface area (Å²) < 4.78 is 0. The van der Waals surface area contributed by atoms with E-state index in [2.05, 4.69) is 12.1 Å². The van der Waals surface area contributed by atoms with E-state index in [1.165, 1.54) is 5.56 Å². The third-order valence-corrected chi connectivity index (χ3v) is 4.66. The molecular formula is C25H16N4. The van der Waals surface area contributed by atoms with Crippen LogP contribution in [0, 0.1) is 29.6 Å². The summed E-state index contributed by atoms with van der Waals surface area (Å²) in [5.41, 5.74) is 6.69. The summed E-state index contributed by atoms with van der Waals surface area (Å²) in [6, 6.07) is 29.0. The van der Waals surface area contributed by atoms with Gasteiger partial charge in [0.2, 0.25) is 0 Å². The SMILES string of the molecule is Cc1ccc(-c2nc(-c3ccc(C#N)cc3)cc(-c3ccc(C#N)cc3)n2)cc1. The predicted octanol–water partition coefficient (Wildman–Crippen LogP) is 5.53. The van der Waals surface area contributed by atoms with Crippen molar-refractivity contribution in [3.05, 3.63) is 95.6 Å². The molecule has 0 fully saturated rings. The average molecular weight is 372 g/mol. The lowest BCUT2D eigenvalue weighted by Gasteiger charge is -2.10. The van der Waals surface area contributed by atoms with Crippen LogP contribution in [-0.4, -0.2) is 9.97 Å². The van der Waals surface area contributed by atoms with Gasteiger partial charge in [0.1, 0.15) is 0 Å². The number of aryl methyl sites for hydroxylation is 1. The highest BCUT2D eigenvalue weighted by molar-refractivity contribution is 5.72. The van der Waals surface area contributed by atoms with Gasteiger partial charge in [0.25, 0.3) is 0 Å². The highest BCUT2D eigenvalue weighted by Gasteiger charge is 2.11. The van der Waals surface area contributed by atoms with Gasteiger partial charge >= 0.3 is 0 Å². The molecule has 0 atom stereocenters. The molecule has 0 aliphatic rings. The van der Waals surface area contributed by atoms with Crippen LogP contribution in [-0.2, 0) is 0 Å². The third-order valence-electron chi connectivity index (χ3n) is 4.66. The maximum Gasteiger partial charge on any atom is 0.160 e. The number of hydrogen-bond donors (Lipinski definition) is 0. The highest BCUT2D eigenvalue weighted by Crippen LogP contribution is 2.28. The van der Waals surface area contributed by atoms with Crippen molar-refractivity contribution in [1.82, 2.24) is 9.97 Å². The molecule has 4 nitrogen and oxygen atoms in total. The summed E-state index contributed by atoms with van der Waals surface area (Å²) in [4.78, 5) is 9.54. The summed E-state index contributed by atoms with van der Waals surface area (Å²) in [6.07, 6.45) is 0. The Kier molecular flexibility index (Phi) is 4.84. The second-order valence-corrected chi connectivity index (χ2v) is 6.71. The normalized spacial score (nSPS) is 10.2. The van der Waals surface area contributed by atoms with Crippen LogP contribution in [0.25, 0.3) is 33.9 Å². The molecule has 0 saturated carbocycles. The van der Waals surface area contributed by atoms with Gasteiger partial charge in [-0.1, -0.05) is 54.1 Å². The van der Waals surface area contributed by atoms with Crippen LogP contribution in [0.1, 0.15) is 16.7 Å². The lowest BCUT2D eigenvalue weighted by Crippen LogP contribution is -1.96. The number of nitrogens with zero attached hydrogens (tertiary/aromatic N) is 4. The fourth-order valence-corrected chi connectivity index (χ4v) is 3.01. The van der Waals surface area contributed by atoms with E-state index >= 15 is 0 Å². The lowest BCUT2D eigenvalue weighted by atomic mass is 10.0. The van der Waals surface area contributed by atoms with Gasteiger partial charge in [0.05, 0.1) is 34.7 Å². The third kappa shape index (κ3) is 3.88. The maximum atomic E-state index is 9.05. The number of benzene rings is 3. The van der Waals surface area contributed by atoms with Crippen molar-refractivity contribution in [1.29, 1.82) is 10.5 Å². The smallest absolute Gasteiger partial charge is 0.160 e. The topological polar surface area (TPSA) is 73.4 Å². The van der Waals surface area contributed by atoms with E-state index in [1.54, 1.807) is 24.3 Å². The quantitative estimate of drug-likeness (QED) is 0.474. The van der Waals surface area contributed by atoms with E-state index in [0.29, 0.717) is 17.0 Å². The van der Waals surface area contributed by atoms with E-state index in [0.717, 1.165) is 28.1 Å². The lowest BCUT2D eigenvalue weighted by molar-refractivity contribution is 1.18. The first kappa shape index (κ1) is 18.1. The second-order valence-electron chi connectivity index (χ2n) is 6.71. The van der Waals surface area contributed by atoms with Crippen LogP contribution in [0.4, 0.5) is 0 Å².